The van der Waals surface area contributed by atoms with Crippen molar-refractivity contribution in [3.8, 4) is 0 Å². The van der Waals surface area contributed by atoms with Crippen LogP contribution in [0.2, 0.25) is 0 Å². The zero-order valence-electron chi connectivity index (χ0n) is 11.7. The predicted octanol–water partition coefficient (Wildman–Crippen LogP) is 1.74. The minimum absolute atomic E-state index is 0.157. The Morgan fingerprint density at radius 3 is 2.29 bits per heavy atom. The van der Waals surface area contributed by atoms with E-state index in [1.165, 1.54) is 17.0 Å². The highest BCUT2D eigenvalue weighted by Gasteiger charge is 2.15. The van der Waals surface area contributed by atoms with Crippen molar-refractivity contribution in [1.29, 1.82) is 0 Å². The van der Waals surface area contributed by atoms with Crippen molar-refractivity contribution in [2.45, 2.75) is 39.6 Å². The normalized spacial score (nSPS) is 13.4. The molecule has 1 unspecified atom stereocenters. The van der Waals surface area contributed by atoms with Gasteiger partial charge in [-0.05, 0) is 32.4 Å². The molecule has 1 N–H and O–H groups in total. The summed E-state index contributed by atoms with van der Waals surface area (Å²) < 4.78 is 12.6. The van der Waals surface area contributed by atoms with Gasteiger partial charge in [0.25, 0.3) is 0 Å². The molecule has 1 aromatic heterocycles. The standard InChI is InChI=1S/C13H24N2O2/c1-9-7-12(11(3)15(9)4)8-14-10(2)13(16-5)17-6/h7,10,13-14H,8H2,1-6H3. The van der Waals surface area contributed by atoms with Crippen molar-refractivity contribution in [3.63, 3.8) is 0 Å². The molecule has 0 radical (unpaired) electrons. The molecule has 0 amide bonds. The molecule has 0 aliphatic heterocycles. The lowest BCUT2D eigenvalue weighted by Gasteiger charge is -2.22. The van der Waals surface area contributed by atoms with Gasteiger partial charge in [0.2, 0.25) is 0 Å². The molecule has 98 valence electrons. The Hall–Kier alpha value is -0.840. The highest BCUT2D eigenvalue weighted by atomic mass is 16.7. The summed E-state index contributed by atoms with van der Waals surface area (Å²) in [6.07, 6.45) is -0.208. The zero-order valence-corrected chi connectivity index (χ0v) is 11.7. The van der Waals surface area contributed by atoms with Crippen LogP contribution in [0, 0.1) is 13.8 Å². The Bertz CT molecular complexity index is 357. The average molecular weight is 240 g/mol. The van der Waals surface area contributed by atoms with Crippen LogP contribution in [0.15, 0.2) is 6.07 Å². The van der Waals surface area contributed by atoms with Crippen LogP contribution < -0.4 is 5.32 Å². The van der Waals surface area contributed by atoms with E-state index in [2.05, 4.69) is 43.8 Å². The molecule has 1 rings (SSSR count). The summed E-state index contributed by atoms with van der Waals surface area (Å²) in [5.41, 5.74) is 3.90. The van der Waals surface area contributed by atoms with Gasteiger partial charge in [0, 0.05) is 39.2 Å². The molecule has 0 aliphatic rings. The number of aryl methyl sites for hydroxylation is 1. The van der Waals surface area contributed by atoms with Gasteiger partial charge < -0.3 is 19.4 Å². The van der Waals surface area contributed by atoms with Crippen LogP contribution >= 0.6 is 0 Å². The fourth-order valence-electron chi connectivity index (χ4n) is 1.98. The number of aromatic nitrogens is 1. The van der Waals surface area contributed by atoms with Gasteiger partial charge in [-0.3, -0.25) is 0 Å². The lowest BCUT2D eigenvalue weighted by atomic mass is 10.2. The summed E-state index contributed by atoms with van der Waals surface area (Å²) in [4.78, 5) is 0. The van der Waals surface area contributed by atoms with Crippen LogP contribution in [0.3, 0.4) is 0 Å². The molecular weight excluding hydrogens is 216 g/mol. The minimum Gasteiger partial charge on any atom is -0.354 e. The number of nitrogens with one attached hydrogen (secondary N) is 1. The monoisotopic (exact) mass is 240 g/mol. The van der Waals surface area contributed by atoms with Gasteiger partial charge in [0.05, 0.1) is 6.04 Å². The topological polar surface area (TPSA) is 35.4 Å². The lowest BCUT2D eigenvalue weighted by Crippen LogP contribution is -2.39. The summed E-state index contributed by atoms with van der Waals surface area (Å²) in [7, 11) is 5.40. The zero-order chi connectivity index (χ0) is 13.0. The van der Waals surface area contributed by atoms with Crippen molar-refractivity contribution in [3.05, 3.63) is 23.0 Å². The molecule has 0 fully saturated rings. The van der Waals surface area contributed by atoms with Gasteiger partial charge in [-0.15, -0.1) is 0 Å². The summed E-state index contributed by atoms with van der Waals surface area (Å²) in [6, 6.07) is 2.37. The molecule has 17 heavy (non-hydrogen) atoms. The maximum Gasteiger partial charge on any atom is 0.171 e. The summed E-state index contributed by atoms with van der Waals surface area (Å²) in [6.45, 7) is 7.15. The molecule has 0 aliphatic carbocycles. The molecule has 1 atom stereocenters. The molecule has 4 heteroatoms. The third-order valence-corrected chi connectivity index (χ3v) is 3.37. The third-order valence-electron chi connectivity index (χ3n) is 3.37. The van der Waals surface area contributed by atoms with Crippen LogP contribution in [0.25, 0.3) is 0 Å². The lowest BCUT2D eigenvalue weighted by molar-refractivity contribution is -0.119. The van der Waals surface area contributed by atoms with Crippen molar-refractivity contribution in [2.24, 2.45) is 7.05 Å². The van der Waals surface area contributed by atoms with Crippen LogP contribution in [0.4, 0.5) is 0 Å². The van der Waals surface area contributed by atoms with Gasteiger partial charge in [-0.1, -0.05) is 0 Å². The molecule has 1 heterocycles. The summed E-state index contributed by atoms with van der Waals surface area (Å²) in [5, 5.41) is 3.42. The molecule has 0 saturated carbocycles. The van der Waals surface area contributed by atoms with Crippen molar-refractivity contribution in [2.75, 3.05) is 14.2 Å². The maximum absolute atomic E-state index is 5.22. The van der Waals surface area contributed by atoms with E-state index >= 15 is 0 Å². The van der Waals surface area contributed by atoms with Gasteiger partial charge in [0.1, 0.15) is 0 Å². The van der Waals surface area contributed by atoms with Crippen molar-refractivity contribution in [1.82, 2.24) is 9.88 Å². The third kappa shape index (κ3) is 3.31. The SMILES string of the molecule is COC(OC)C(C)NCc1cc(C)n(C)c1C. The first kappa shape index (κ1) is 14.2. The highest BCUT2D eigenvalue weighted by Crippen LogP contribution is 2.13. The fourth-order valence-corrected chi connectivity index (χ4v) is 1.98. The Morgan fingerprint density at radius 2 is 1.88 bits per heavy atom. The smallest absolute Gasteiger partial charge is 0.171 e. The predicted molar refractivity (Wildman–Crippen MR) is 69.0 cm³/mol. The number of ether oxygens (including phenoxy) is 2. The Balaban J connectivity index is 2.58. The van der Waals surface area contributed by atoms with E-state index in [9.17, 15) is 0 Å². The Labute approximate surface area is 104 Å². The highest BCUT2D eigenvalue weighted by molar-refractivity contribution is 5.26. The Kier molecular flexibility index (Phi) is 5.18. The molecule has 0 saturated heterocycles. The summed E-state index contributed by atoms with van der Waals surface area (Å²) >= 11 is 0. The second-order valence-corrected chi connectivity index (χ2v) is 4.46. The van der Waals surface area contributed by atoms with E-state index in [0.29, 0.717) is 0 Å². The number of methoxy groups -OCH3 is 2. The second-order valence-electron chi connectivity index (χ2n) is 4.46. The first-order valence-corrected chi connectivity index (χ1v) is 5.92. The molecule has 0 spiro atoms. The average Bonchev–Trinajstić information content (AvgIpc) is 2.56. The van der Waals surface area contributed by atoms with Gasteiger partial charge in [-0.2, -0.15) is 0 Å². The first-order valence-electron chi connectivity index (χ1n) is 5.92. The van der Waals surface area contributed by atoms with Gasteiger partial charge in [0.15, 0.2) is 6.29 Å². The second kappa shape index (κ2) is 6.19. The van der Waals surface area contributed by atoms with E-state index in [1.54, 1.807) is 14.2 Å². The van der Waals surface area contributed by atoms with E-state index in [0.717, 1.165) is 6.54 Å². The molecule has 0 bridgehead atoms. The minimum atomic E-state index is -0.208. The molecular formula is C13H24N2O2. The van der Waals surface area contributed by atoms with Gasteiger partial charge in [-0.25, -0.2) is 0 Å². The van der Waals surface area contributed by atoms with E-state index in [-0.39, 0.29) is 12.3 Å². The van der Waals surface area contributed by atoms with Gasteiger partial charge >= 0.3 is 0 Å². The molecule has 4 nitrogen and oxygen atoms in total. The van der Waals surface area contributed by atoms with Crippen molar-refractivity contribution >= 4 is 0 Å². The molecule has 0 aromatic carbocycles. The number of rotatable bonds is 6. The van der Waals surface area contributed by atoms with E-state index < -0.39 is 0 Å². The van der Waals surface area contributed by atoms with E-state index in [1.807, 2.05) is 0 Å². The number of hydrogen-bond acceptors (Lipinski definition) is 3. The number of hydrogen-bond donors (Lipinski definition) is 1. The maximum atomic E-state index is 5.22. The fraction of sp³-hybridized carbons (Fsp3) is 0.692. The molecule has 1 aromatic rings. The summed E-state index contributed by atoms with van der Waals surface area (Å²) in [5.74, 6) is 0. The van der Waals surface area contributed by atoms with Crippen molar-refractivity contribution < 1.29 is 9.47 Å². The van der Waals surface area contributed by atoms with E-state index in [4.69, 9.17) is 9.47 Å². The first-order chi connectivity index (χ1) is 8.01. The van der Waals surface area contributed by atoms with Crippen LogP contribution in [-0.2, 0) is 23.1 Å². The van der Waals surface area contributed by atoms with Crippen LogP contribution in [0.1, 0.15) is 23.9 Å². The number of nitrogens with zero attached hydrogens (tertiary/aromatic N) is 1. The van der Waals surface area contributed by atoms with Crippen LogP contribution in [-0.4, -0.2) is 31.1 Å². The largest absolute Gasteiger partial charge is 0.354 e. The quantitative estimate of drug-likeness (QED) is 0.769. The van der Waals surface area contributed by atoms with Crippen LogP contribution in [0.5, 0.6) is 0 Å². The Morgan fingerprint density at radius 1 is 1.29 bits per heavy atom.